The first kappa shape index (κ1) is 15.6. The van der Waals surface area contributed by atoms with Gasteiger partial charge in [0.15, 0.2) is 5.96 Å². The van der Waals surface area contributed by atoms with Crippen LogP contribution in [-0.4, -0.2) is 43.1 Å². The molecule has 4 heteroatoms. The number of nitrogens with two attached hydrogens (primary N) is 1. The molecule has 1 aliphatic carbocycles. The van der Waals surface area contributed by atoms with Crippen molar-refractivity contribution in [2.75, 3.05) is 26.2 Å². The maximum absolute atomic E-state index is 5.98. The number of hydrogen-bond acceptors (Lipinski definition) is 2. The molecule has 1 unspecified atom stereocenters. The quantitative estimate of drug-likeness (QED) is 0.556. The van der Waals surface area contributed by atoms with Crippen LogP contribution in [0.4, 0.5) is 0 Å². The number of unbranched alkanes of at least 4 members (excludes halogenated alkanes) is 1. The minimum absolute atomic E-state index is 0.646. The van der Waals surface area contributed by atoms with Gasteiger partial charge in [-0.15, -0.1) is 0 Å². The number of nitrogens with zero attached hydrogens (tertiary/aromatic N) is 2. The Hall–Kier alpha value is -0.770. The van der Waals surface area contributed by atoms with E-state index >= 15 is 0 Å². The fourth-order valence-corrected chi connectivity index (χ4v) is 3.13. The summed E-state index contributed by atoms with van der Waals surface area (Å²) in [5.41, 5.74) is 5.98. The molecular weight excluding hydrogens is 248 g/mol. The summed E-state index contributed by atoms with van der Waals surface area (Å²) < 4.78 is 0. The highest BCUT2D eigenvalue weighted by Crippen LogP contribution is 2.26. The molecule has 4 nitrogen and oxygen atoms in total. The third-order valence-electron chi connectivity index (χ3n) is 4.81. The first-order valence-electron chi connectivity index (χ1n) is 8.57. The van der Waals surface area contributed by atoms with Crippen LogP contribution >= 0.6 is 0 Å². The Kier molecular flexibility index (Phi) is 6.64. The zero-order valence-electron chi connectivity index (χ0n) is 13.1. The molecule has 2 rings (SSSR count). The van der Waals surface area contributed by atoms with Crippen LogP contribution in [0.15, 0.2) is 4.99 Å². The fraction of sp³-hybridized carbons (Fsp3) is 0.938. The summed E-state index contributed by atoms with van der Waals surface area (Å²) in [6.07, 6.45) is 10.6. The molecule has 0 radical (unpaired) electrons. The van der Waals surface area contributed by atoms with Crippen molar-refractivity contribution in [3.8, 4) is 0 Å². The lowest BCUT2D eigenvalue weighted by Crippen LogP contribution is -2.48. The molecule has 3 N–H and O–H groups in total. The Balaban J connectivity index is 1.69. The SMILES string of the molecule is CCCCN1CCCCC1CNC(N)=NCC1CCC1. The molecule has 0 bridgehead atoms. The van der Waals surface area contributed by atoms with E-state index in [4.69, 9.17) is 5.73 Å². The molecule has 20 heavy (non-hydrogen) atoms. The van der Waals surface area contributed by atoms with Crippen molar-refractivity contribution in [2.24, 2.45) is 16.6 Å². The van der Waals surface area contributed by atoms with Crippen LogP contribution in [0.2, 0.25) is 0 Å². The van der Waals surface area contributed by atoms with Crippen molar-refractivity contribution < 1.29 is 0 Å². The molecule has 0 amide bonds. The minimum Gasteiger partial charge on any atom is -0.370 e. The van der Waals surface area contributed by atoms with Crippen LogP contribution in [0.25, 0.3) is 0 Å². The normalized spacial score (nSPS) is 25.4. The Labute approximate surface area is 124 Å². The molecule has 1 heterocycles. The summed E-state index contributed by atoms with van der Waals surface area (Å²) in [5.74, 6) is 1.45. The summed E-state index contributed by atoms with van der Waals surface area (Å²) in [6, 6.07) is 0.646. The van der Waals surface area contributed by atoms with Gasteiger partial charge in [-0.1, -0.05) is 26.2 Å². The Morgan fingerprint density at radius 2 is 2.10 bits per heavy atom. The van der Waals surface area contributed by atoms with Crippen molar-refractivity contribution in [1.29, 1.82) is 0 Å². The van der Waals surface area contributed by atoms with Gasteiger partial charge in [0.25, 0.3) is 0 Å². The monoisotopic (exact) mass is 280 g/mol. The van der Waals surface area contributed by atoms with Gasteiger partial charge in [-0.3, -0.25) is 9.89 Å². The second-order valence-electron chi connectivity index (χ2n) is 6.44. The number of hydrogen-bond donors (Lipinski definition) is 2. The highest BCUT2D eigenvalue weighted by Gasteiger charge is 2.21. The highest BCUT2D eigenvalue weighted by molar-refractivity contribution is 5.77. The van der Waals surface area contributed by atoms with Crippen molar-refractivity contribution in [3.63, 3.8) is 0 Å². The van der Waals surface area contributed by atoms with Gasteiger partial charge in [-0.25, -0.2) is 0 Å². The Morgan fingerprint density at radius 1 is 1.25 bits per heavy atom. The largest absolute Gasteiger partial charge is 0.370 e. The van der Waals surface area contributed by atoms with E-state index in [2.05, 4.69) is 22.1 Å². The summed E-state index contributed by atoms with van der Waals surface area (Å²) in [4.78, 5) is 7.12. The predicted octanol–water partition coefficient (Wildman–Crippen LogP) is 2.35. The van der Waals surface area contributed by atoms with Crippen LogP contribution in [0.1, 0.15) is 58.3 Å². The van der Waals surface area contributed by atoms with E-state index in [1.807, 2.05) is 0 Å². The molecule has 0 aromatic rings. The highest BCUT2D eigenvalue weighted by atomic mass is 15.2. The molecule has 116 valence electrons. The van der Waals surface area contributed by atoms with Gasteiger partial charge in [0.1, 0.15) is 0 Å². The van der Waals surface area contributed by atoms with Crippen LogP contribution in [0.3, 0.4) is 0 Å². The topological polar surface area (TPSA) is 53.6 Å². The number of rotatable bonds is 7. The van der Waals surface area contributed by atoms with Crippen LogP contribution in [-0.2, 0) is 0 Å². The zero-order chi connectivity index (χ0) is 14.2. The number of piperidine rings is 1. The van der Waals surface area contributed by atoms with Crippen molar-refractivity contribution in [1.82, 2.24) is 10.2 Å². The molecule has 1 aliphatic heterocycles. The first-order valence-corrected chi connectivity index (χ1v) is 8.57. The third kappa shape index (κ3) is 4.97. The van der Waals surface area contributed by atoms with Crippen LogP contribution < -0.4 is 11.1 Å². The van der Waals surface area contributed by atoms with E-state index in [9.17, 15) is 0 Å². The van der Waals surface area contributed by atoms with Gasteiger partial charge in [0.2, 0.25) is 0 Å². The molecule has 1 saturated heterocycles. The molecular formula is C16H32N4. The third-order valence-corrected chi connectivity index (χ3v) is 4.81. The lowest BCUT2D eigenvalue weighted by Gasteiger charge is -2.36. The number of guanidine groups is 1. The second kappa shape index (κ2) is 8.50. The van der Waals surface area contributed by atoms with Crippen molar-refractivity contribution in [2.45, 2.75) is 64.3 Å². The standard InChI is InChI=1S/C16H32N4/c1-2-3-10-20-11-5-4-9-15(20)13-19-16(17)18-12-14-7-6-8-14/h14-15H,2-13H2,1H3,(H3,17,18,19). The van der Waals surface area contributed by atoms with E-state index in [-0.39, 0.29) is 0 Å². The summed E-state index contributed by atoms with van der Waals surface area (Å²) in [7, 11) is 0. The number of likely N-dealkylation sites (tertiary alicyclic amines) is 1. The Morgan fingerprint density at radius 3 is 2.80 bits per heavy atom. The second-order valence-corrected chi connectivity index (χ2v) is 6.44. The van der Waals surface area contributed by atoms with Gasteiger partial charge in [0.05, 0.1) is 0 Å². The number of nitrogens with one attached hydrogen (secondary N) is 1. The van der Waals surface area contributed by atoms with Crippen molar-refractivity contribution in [3.05, 3.63) is 0 Å². The van der Waals surface area contributed by atoms with Gasteiger partial charge in [0, 0.05) is 19.1 Å². The van der Waals surface area contributed by atoms with Gasteiger partial charge in [-0.05, 0) is 51.1 Å². The van der Waals surface area contributed by atoms with Gasteiger partial charge < -0.3 is 11.1 Å². The van der Waals surface area contributed by atoms with E-state index in [0.29, 0.717) is 12.0 Å². The summed E-state index contributed by atoms with van der Waals surface area (Å²) in [6.45, 7) is 6.64. The van der Waals surface area contributed by atoms with E-state index < -0.39 is 0 Å². The van der Waals surface area contributed by atoms with Crippen LogP contribution in [0.5, 0.6) is 0 Å². The fourth-order valence-electron chi connectivity index (χ4n) is 3.13. The molecule has 1 atom stereocenters. The molecule has 0 aromatic heterocycles. The molecule has 2 fully saturated rings. The van der Waals surface area contributed by atoms with E-state index in [1.165, 1.54) is 64.5 Å². The average Bonchev–Trinajstić information content (AvgIpc) is 2.42. The predicted molar refractivity (Wildman–Crippen MR) is 86.0 cm³/mol. The smallest absolute Gasteiger partial charge is 0.188 e. The van der Waals surface area contributed by atoms with Crippen LogP contribution in [0, 0.1) is 5.92 Å². The lowest BCUT2D eigenvalue weighted by atomic mass is 9.86. The average molecular weight is 280 g/mol. The maximum Gasteiger partial charge on any atom is 0.188 e. The van der Waals surface area contributed by atoms with E-state index in [0.717, 1.165) is 19.0 Å². The van der Waals surface area contributed by atoms with Gasteiger partial charge >= 0.3 is 0 Å². The molecule has 1 saturated carbocycles. The summed E-state index contributed by atoms with van der Waals surface area (Å²) >= 11 is 0. The minimum atomic E-state index is 0.646. The molecule has 0 aromatic carbocycles. The van der Waals surface area contributed by atoms with Gasteiger partial charge in [-0.2, -0.15) is 0 Å². The maximum atomic E-state index is 5.98. The van der Waals surface area contributed by atoms with E-state index in [1.54, 1.807) is 0 Å². The molecule has 2 aliphatic rings. The summed E-state index contributed by atoms with van der Waals surface area (Å²) in [5, 5.41) is 3.35. The number of aliphatic imine (C=N–C) groups is 1. The Bertz CT molecular complexity index is 299. The molecule has 0 spiro atoms. The first-order chi connectivity index (χ1) is 9.79. The zero-order valence-corrected chi connectivity index (χ0v) is 13.1. The van der Waals surface area contributed by atoms with Crippen molar-refractivity contribution >= 4 is 5.96 Å². The lowest BCUT2D eigenvalue weighted by molar-refractivity contribution is 0.147.